The first kappa shape index (κ1) is 34.4. The molecule has 0 unspecified atom stereocenters. The number of hydrogen-bond donors (Lipinski definition) is 0. The molecule has 4 nitrogen and oxygen atoms in total. The molecule has 6 aromatic carbocycles. The predicted molar refractivity (Wildman–Crippen MR) is 187 cm³/mol. The Kier molecular flexibility index (Phi) is 7.57. The predicted octanol–water partition coefficient (Wildman–Crippen LogP) is 13.0. The van der Waals surface area contributed by atoms with Crippen molar-refractivity contribution in [2.45, 2.75) is 18.5 Å². The van der Waals surface area contributed by atoms with Crippen molar-refractivity contribution in [2.75, 3.05) is 0 Å². The van der Waals surface area contributed by atoms with E-state index < -0.39 is 35.2 Å². The van der Waals surface area contributed by atoms with Crippen LogP contribution in [0.25, 0.3) is 71.0 Å². The Labute approximate surface area is 298 Å². The summed E-state index contributed by atoms with van der Waals surface area (Å²) in [5, 5.41) is 11.3. The summed E-state index contributed by atoms with van der Waals surface area (Å²) in [5.74, 6) is 0. The number of benzene rings is 6. The third-order valence-corrected chi connectivity index (χ3v) is 9.45. The molecule has 0 aliphatic rings. The monoisotopic (exact) mass is 738 g/mol. The lowest BCUT2D eigenvalue weighted by molar-refractivity contribution is -0.138. The molecule has 0 aliphatic carbocycles. The third kappa shape index (κ3) is 5.39. The molecule has 0 radical (unpaired) electrons. The highest BCUT2D eigenvalue weighted by atomic mass is 19.4. The largest absolute Gasteiger partial charge is 0.416 e. The molecule has 0 saturated carbocycles. The fourth-order valence-corrected chi connectivity index (χ4v) is 7.10. The van der Waals surface area contributed by atoms with Crippen LogP contribution in [0.5, 0.6) is 0 Å². The molecule has 8 aromatic rings. The Hall–Kier alpha value is -6.73. The molecule has 0 amide bonds. The standard InChI is InChI=1S/C41H19F9N4/c1-52-32-20-38(54-34-9-5-3-7-28(34)31-18-25(41(48,49)50)12-15-36(31)54)37(19-29(32)26-13-10-23(39(42,43)44)16-22(26)21-51)53-33-8-4-2-6-27(33)30-17-24(40(45,46)47)11-14-35(30)53/h2-20H. The van der Waals surface area contributed by atoms with E-state index in [-0.39, 0.29) is 44.5 Å². The van der Waals surface area contributed by atoms with Crippen LogP contribution in [0.1, 0.15) is 22.3 Å². The van der Waals surface area contributed by atoms with E-state index in [1.165, 1.54) is 24.3 Å². The second kappa shape index (κ2) is 11.9. The van der Waals surface area contributed by atoms with Gasteiger partial charge in [0.15, 0.2) is 5.69 Å². The van der Waals surface area contributed by atoms with Gasteiger partial charge in [-0.2, -0.15) is 44.8 Å². The molecule has 8 rings (SSSR count). The minimum atomic E-state index is -4.78. The minimum absolute atomic E-state index is 0.0125. The van der Waals surface area contributed by atoms with Gasteiger partial charge in [0.1, 0.15) is 0 Å². The van der Waals surface area contributed by atoms with Gasteiger partial charge >= 0.3 is 18.5 Å². The fourth-order valence-electron chi connectivity index (χ4n) is 7.10. The van der Waals surface area contributed by atoms with E-state index in [4.69, 9.17) is 6.57 Å². The molecule has 266 valence electrons. The summed E-state index contributed by atoms with van der Waals surface area (Å²) in [7, 11) is 0. The molecule has 0 spiro atoms. The summed E-state index contributed by atoms with van der Waals surface area (Å²) in [5.41, 5.74) is -1.46. The number of nitriles is 1. The first-order chi connectivity index (χ1) is 25.6. The Balaban J connectivity index is 1.55. The maximum Gasteiger partial charge on any atom is 0.416 e. The molecule has 13 heteroatoms. The van der Waals surface area contributed by atoms with Gasteiger partial charge < -0.3 is 9.13 Å². The first-order valence-electron chi connectivity index (χ1n) is 16.0. The summed E-state index contributed by atoms with van der Waals surface area (Å²) >= 11 is 0. The second-order valence-electron chi connectivity index (χ2n) is 12.5. The first-order valence-corrected chi connectivity index (χ1v) is 16.0. The van der Waals surface area contributed by atoms with Crippen molar-refractivity contribution in [3.05, 3.63) is 149 Å². The van der Waals surface area contributed by atoms with Crippen molar-refractivity contribution in [1.29, 1.82) is 5.26 Å². The van der Waals surface area contributed by atoms with Crippen molar-refractivity contribution in [1.82, 2.24) is 9.13 Å². The molecule has 0 fully saturated rings. The van der Waals surface area contributed by atoms with Gasteiger partial charge in [0, 0.05) is 21.5 Å². The maximum absolute atomic E-state index is 14.0. The van der Waals surface area contributed by atoms with Gasteiger partial charge in [-0.05, 0) is 83.9 Å². The van der Waals surface area contributed by atoms with Crippen LogP contribution in [-0.2, 0) is 18.5 Å². The third-order valence-electron chi connectivity index (χ3n) is 9.45. The highest BCUT2D eigenvalue weighted by molar-refractivity contribution is 6.12. The molecule has 0 N–H and O–H groups in total. The Morgan fingerprint density at radius 2 is 0.907 bits per heavy atom. The van der Waals surface area contributed by atoms with Crippen LogP contribution in [0.3, 0.4) is 0 Å². The molecule has 0 aliphatic heterocycles. The van der Waals surface area contributed by atoms with E-state index in [9.17, 15) is 44.8 Å². The molecule has 0 atom stereocenters. The Morgan fingerprint density at radius 1 is 0.481 bits per heavy atom. The van der Waals surface area contributed by atoms with E-state index in [1.807, 2.05) is 0 Å². The number of hydrogen-bond acceptors (Lipinski definition) is 1. The Morgan fingerprint density at radius 3 is 1.37 bits per heavy atom. The van der Waals surface area contributed by atoms with Crippen molar-refractivity contribution in [2.24, 2.45) is 0 Å². The molecule has 2 heterocycles. The Bertz CT molecular complexity index is 2930. The molecular formula is C41H19F9N4. The van der Waals surface area contributed by atoms with Gasteiger partial charge in [0.25, 0.3) is 0 Å². The summed E-state index contributed by atoms with van der Waals surface area (Å²) in [6.45, 7) is 8.15. The molecule has 0 bridgehead atoms. The number of nitrogens with zero attached hydrogens (tertiary/aromatic N) is 4. The number of para-hydroxylation sites is 2. The number of alkyl halides is 9. The smallest absolute Gasteiger partial charge is 0.308 e. The van der Waals surface area contributed by atoms with E-state index in [1.54, 1.807) is 63.7 Å². The van der Waals surface area contributed by atoms with Gasteiger partial charge in [0.05, 0.1) is 68.3 Å². The number of aromatic nitrogens is 2. The summed E-state index contributed by atoms with van der Waals surface area (Å²) < 4.78 is 128. The van der Waals surface area contributed by atoms with Crippen LogP contribution in [-0.4, -0.2) is 9.13 Å². The van der Waals surface area contributed by atoms with E-state index >= 15 is 0 Å². The van der Waals surface area contributed by atoms with Crippen LogP contribution in [0, 0.1) is 17.9 Å². The lowest BCUT2D eigenvalue weighted by atomic mass is 9.95. The van der Waals surface area contributed by atoms with Gasteiger partial charge in [-0.3, -0.25) is 0 Å². The van der Waals surface area contributed by atoms with Gasteiger partial charge in [-0.25, -0.2) is 4.85 Å². The zero-order chi connectivity index (χ0) is 38.3. The summed E-state index contributed by atoms with van der Waals surface area (Å²) in [6, 6.07) is 26.9. The van der Waals surface area contributed by atoms with Crippen LogP contribution >= 0.6 is 0 Å². The van der Waals surface area contributed by atoms with Gasteiger partial charge in [-0.15, -0.1) is 0 Å². The van der Waals surface area contributed by atoms with Crippen molar-refractivity contribution < 1.29 is 39.5 Å². The molecule has 2 aromatic heterocycles. The SMILES string of the molecule is [C-]#[N+]c1cc(-n2c3ccccc3c3cc(C(F)(F)F)ccc32)c(-n2c3ccccc3c3cc(C(F)(F)F)ccc32)cc1-c1ccc(C(F)(F)F)cc1C#N. The number of rotatable bonds is 3. The number of halogens is 9. The lowest BCUT2D eigenvalue weighted by Crippen LogP contribution is -2.07. The van der Waals surface area contributed by atoms with Crippen LogP contribution in [0.15, 0.2) is 115 Å². The summed E-state index contributed by atoms with van der Waals surface area (Å²) in [6.07, 6.45) is -14.1. The van der Waals surface area contributed by atoms with Crippen LogP contribution in [0.2, 0.25) is 0 Å². The van der Waals surface area contributed by atoms with Gasteiger partial charge in [-0.1, -0.05) is 42.5 Å². The molecule has 0 saturated heterocycles. The molecular weight excluding hydrogens is 719 g/mol. The zero-order valence-electron chi connectivity index (χ0n) is 27.2. The molecule has 54 heavy (non-hydrogen) atoms. The van der Waals surface area contributed by atoms with E-state index in [0.717, 1.165) is 36.4 Å². The van der Waals surface area contributed by atoms with E-state index in [0.29, 0.717) is 38.9 Å². The average molecular weight is 739 g/mol. The normalized spacial score (nSPS) is 12.5. The highest BCUT2D eigenvalue weighted by Gasteiger charge is 2.34. The van der Waals surface area contributed by atoms with Crippen LogP contribution < -0.4 is 0 Å². The van der Waals surface area contributed by atoms with Crippen molar-refractivity contribution in [3.8, 4) is 28.6 Å². The summed E-state index contributed by atoms with van der Waals surface area (Å²) in [4.78, 5) is 3.68. The zero-order valence-corrected chi connectivity index (χ0v) is 27.2. The lowest BCUT2D eigenvalue weighted by Gasteiger charge is -2.20. The van der Waals surface area contributed by atoms with Crippen molar-refractivity contribution in [3.63, 3.8) is 0 Å². The quantitative estimate of drug-likeness (QED) is 0.131. The number of fused-ring (bicyclic) bond motifs is 6. The van der Waals surface area contributed by atoms with E-state index in [2.05, 4.69) is 4.85 Å². The minimum Gasteiger partial charge on any atom is -0.308 e. The average Bonchev–Trinajstić information content (AvgIpc) is 3.65. The van der Waals surface area contributed by atoms with Crippen LogP contribution in [0.4, 0.5) is 45.2 Å². The topological polar surface area (TPSA) is 38.0 Å². The second-order valence-corrected chi connectivity index (χ2v) is 12.5. The fraction of sp³-hybridized carbons (Fsp3) is 0.0732. The van der Waals surface area contributed by atoms with Gasteiger partial charge in [0.2, 0.25) is 0 Å². The maximum atomic E-state index is 14.0. The van der Waals surface area contributed by atoms with Crippen molar-refractivity contribution >= 4 is 49.3 Å². The highest BCUT2D eigenvalue weighted by Crippen LogP contribution is 2.46.